The zero-order chi connectivity index (χ0) is 23.1. The smallest absolute Gasteiger partial charge is 0.353 e. The van der Waals surface area contributed by atoms with Crippen molar-refractivity contribution in [2.75, 3.05) is 6.61 Å². The summed E-state index contributed by atoms with van der Waals surface area (Å²) in [6, 6.07) is 18.0. The van der Waals surface area contributed by atoms with E-state index in [-0.39, 0.29) is 17.8 Å². The highest BCUT2D eigenvalue weighted by Crippen LogP contribution is 2.21. The molecule has 0 spiro atoms. The first-order valence-electron chi connectivity index (χ1n) is 9.95. The van der Waals surface area contributed by atoms with Crippen LogP contribution in [0.5, 0.6) is 0 Å². The second kappa shape index (κ2) is 10.4. The van der Waals surface area contributed by atoms with Gasteiger partial charge in [0.15, 0.2) is 5.69 Å². The fraction of sp³-hybridized carbons (Fsp3) is 0.217. The molecule has 9 heteroatoms. The van der Waals surface area contributed by atoms with Gasteiger partial charge in [0.1, 0.15) is 5.69 Å². The topological polar surface area (TPSA) is 153 Å². The molecule has 3 aromatic rings. The Morgan fingerprint density at radius 1 is 0.969 bits per heavy atom. The third-order valence-electron chi connectivity index (χ3n) is 5.06. The van der Waals surface area contributed by atoms with Crippen molar-refractivity contribution < 1.29 is 29.7 Å². The predicted octanol–water partition coefficient (Wildman–Crippen LogP) is 2.20. The average molecular weight is 437 g/mol. The second-order valence-electron chi connectivity index (χ2n) is 7.36. The minimum Gasteiger partial charge on any atom is -0.481 e. The highest BCUT2D eigenvalue weighted by Gasteiger charge is 2.25. The van der Waals surface area contributed by atoms with E-state index in [0.29, 0.717) is 6.42 Å². The summed E-state index contributed by atoms with van der Waals surface area (Å²) in [5.74, 6) is -4.11. The van der Waals surface area contributed by atoms with Crippen molar-refractivity contribution in [2.45, 2.75) is 18.9 Å². The summed E-state index contributed by atoms with van der Waals surface area (Å²) in [6.45, 7) is -0.569. The minimum absolute atomic E-state index is 0.00573. The minimum atomic E-state index is -1.25. The summed E-state index contributed by atoms with van der Waals surface area (Å²) >= 11 is 0. The first-order chi connectivity index (χ1) is 15.4. The molecule has 1 heterocycles. The summed E-state index contributed by atoms with van der Waals surface area (Å²) in [4.78, 5) is 35.0. The molecule has 0 radical (unpaired) electrons. The first kappa shape index (κ1) is 22.7. The molecule has 3 rings (SSSR count). The number of carboxylic acid groups (broad SMARTS) is 2. The van der Waals surface area contributed by atoms with Crippen LogP contribution in [0.4, 0.5) is 0 Å². The van der Waals surface area contributed by atoms with Gasteiger partial charge in [-0.2, -0.15) is 5.10 Å². The number of benzene rings is 2. The number of aromatic nitrogens is 2. The number of aliphatic hydroxyl groups is 1. The van der Waals surface area contributed by atoms with Gasteiger partial charge in [0, 0.05) is 12.1 Å². The van der Waals surface area contributed by atoms with Crippen LogP contribution in [0, 0.1) is 5.92 Å². The third kappa shape index (κ3) is 5.79. The number of carboxylic acids is 2. The highest BCUT2D eigenvalue weighted by atomic mass is 16.4. The fourth-order valence-corrected chi connectivity index (χ4v) is 3.35. The van der Waals surface area contributed by atoms with Gasteiger partial charge >= 0.3 is 11.9 Å². The fourth-order valence-electron chi connectivity index (χ4n) is 3.35. The lowest BCUT2D eigenvalue weighted by atomic mass is 9.94. The molecular weight excluding hydrogens is 414 g/mol. The SMILES string of the molecule is O=C(N[C@H](Cc1ccc(-c2ccccc2)cc1)C[C@@H](CO)C(=O)O)c1cc(C(=O)O)[nH]n1. The molecule has 1 amide bonds. The maximum atomic E-state index is 12.6. The maximum absolute atomic E-state index is 12.6. The molecule has 166 valence electrons. The van der Waals surface area contributed by atoms with E-state index in [9.17, 15) is 24.6 Å². The van der Waals surface area contributed by atoms with E-state index in [4.69, 9.17) is 5.11 Å². The van der Waals surface area contributed by atoms with Crippen molar-refractivity contribution in [3.63, 3.8) is 0 Å². The zero-order valence-corrected chi connectivity index (χ0v) is 17.1. The Kier molecular flexibility index (Phi) is 7.35. The van der Waals surface area contributed by atoms with Crippen LogP contribution in [0.2, 0.25) is 0 Å². The molecule has 0 fully saturated rings. The Morgan fingerprint density at radius 3 is 2.19 bits per heavy atom. The van der Waals surface area contributed by atoms with Crippen LogP contribution in [0.25, 0.3) is 11.1 Å². The standard InChI is InChI=1S/C23H23N3O6/c27-13-17(22(29)30)11-18(24-21(28)19-12-20(23(31)32)26-25-19)10-14-6-8-16(9-7-14)15-4-2-1-3-5-15/h1-9,12,17-18,27H,10-11,13H2,(H,24,28)(H,25,26)(H,29,30)(H,31,32)/t17-,18+/m0/s1. The monoisotopic (exact) mass is 437 g/mol. The molecule has 9 nitrogen and oxygen atoms in total. The normalized spacial score (nSPS) is 12.7. The average Bonchev–Trinajstić information content (AvgIpc) is 3.29. The van der Waals surface area contributed by atoms with Crippen molar-refractivity contribution in [1.82, 2.24) is 15.5 Å². The van der Waals surface area contributed by atoms with Crippen LogP contribution in [0.15, 0.2) is 60.7 Å². The number of aromatic amines is 1. The van der Waals surface area contributed by atoms with Crippen LogP contribution in [0.1, 0.15) is 33.0 Å². The van der Waals surface area contributed by atoms with Crippen molar-refractivity contribution in [2.24, 2.45) is 5.92 Å². The summed E-state index contributed by atoms with van der Waals surface area (Å²) in [5, 5.41) is 36.4. The van der Waals surface area contributed by atoms with Gasteiger partial charge in [-0.15, -0.1) is 0 Å². The van der Waals surface area contributed by atoms with Gasteiger partial charge in [0.2, 0.25) is 0 Å². The lowest BCUT2D eigenvalue weighted by Gasteiger charge is -2.21. The Labute approximate surface area is 183 Å². The molecule has 32 heavy (non-hydrogen) atoms. The molecule has 0 aliphatic heterocycles. The van der Waals surface area contributed by atoms with E-state index in [2.05, 4.69) is 15.5 Å². The Morgan fingerprint density at radius 2 is 1.62 bits per heavy atom. The molecule has 0 saturated heterocycles. The van der Waals surface area contributed by atoms with Crippen LogP contribution in [0.3, 0.4) is 0 Å². The lowest BCUT2D eigenvalue weighted by molar-refractivity contribution is -0.143. The summed E-state index contributed by atoms with van der Waals surface area (Å²) < 4.78 is 0. The number of nitrogens with one attached hydrogen (secondary N) is 2. The third-order valence-corrected chi connectivity index (χ3v) is 5.06. The molecule has 0 aliphatic rings. The number of H-pyrrole nitrogens is 1. The van der Waals surface area contributed by atoms with Gasteiger partial charge in [-0.3, -0.25) is 14.7 Å². The van der Waals surface area contributed by atoms with Gasteiger partial charge < -0.3 is 20.6 Å². The molecular formula is C23H23N3O6. The lowest BCUT2D eigenvalue weighted by Crippen LogP contribution is -2.40. The molecule has 0 bridgehead atoms. The maximum Gasteiger partial charge on any atom is 0.353 e. The van der Waals surface area contributed by atoms with Gasteiger partial charge in [0.05, 0.1) is 12.5 Å². The van der Waals surface area contributed by atoms with Crippen LogP contribution in [-0.4, -0.2) is 56.0 Å². The van der Waals surface area contributed by atoms with Gasteiger partial charge in [-0.25, -0.2) is 4.79 Å². The number of carbonyl (C=O) groups excluding carboxylic acids is 1. The van der Waals surface area contributed by atoms with Gasteiger partial charge in [0.25, 0.3) is 5.91 Å². The highest BCUT2D eigenvalue weighted by molar-refractivity contribution is 5.95. The molecule has 0 aliphatic carbocycles. The second-order valence-corrected chi connectivity index (χ2v) is 7.36. The number of aromatic carboxylic acids is 1. The molecule has 2 atom stereocenters. The van der Waals surface area contributed by atoms with E-state index >= 15 is 0 Å². The first-order valence-corrected chi connectivity index (χ1v) is 9.95. The molecule has 0 unspecified atom stereocenters. The molecule has 5 N–H and O–H groups in total. The van der Waals surface area contributed by atoms with Crippen molar-refractivity contribution >= 4 is 17.8 Å². The quantitative estimate of drug-likeness (QED) is 0.326. The number of hydrogen-bond donors (Lipinski definition) is 5. The summed E-state index contributed by atoms with van der Waals surface area (Å²) in [7, 11) is 0. The number of hydrogen-bond acceptors (Lipinski definition) is 5. The molecule has 0 saturated carbocycles. The van der Waals surface area contributed by atoms with Crippen LogP contribution in [-0.2, 0) is 11.2 Å². The van der Waals surface area contributed by atoms with E-state index in [1.54, 1.807) is 0 Å². The van der Waals surface area contributed by atoms with E-state index < -0.39 is 36.4 Å². The Balaban J connectivity index is 1.76. The molecule has 2 aromatic carbocycles. The van der Waals surface area contributed by atoms with Gasteiger partial charge in [-0.1, -0.05) is 54.6 Å². The Hall–Kier alpha value is -3.98. The predicted molar refractivity (Wildman–Crippen MR) is 115 cm³/mol. The van der Waals surface area contributed by atoms with Crippen LogP contribution >= 0.6 is 0 Å². The van der Waals surface area contributed by atoms with E-state index in [1.165, 1.54) is 0 Å². The van der Waals surface area contributed by atoms with Crippen molar-refractivity contribution in [3.05, 3.63) is 77.6 Å². The van der Waals surface area contributed by atoms with Crippen LogP contribution < -0.4 is 5.32 Å². The summed E-state index contributed by atoms with van der Waals surface area (Å²) in [5.41, 5.74) is 2.59. The zero-order valence-electron chi connectivity index (χ0n) is 17.1. The Bertz CT molecular complexity index is 1080. The number of carbonyl (C=O) groups is 3. The van der Waals surface area contributed by atoms with Gasteiger partial charge in [-0.05, 0) is 29.5 Å². The molecule has 1 aromatic heterocycles. The number of aliphatic carboxylic acids is 1. The largest absolute Gasteiger partial charge is 0.481 e. The van der Waals surface area contributed by atoms with E-state index in [1.807, 2.05) is 54.6 Å². The summed E-state index contributed by atoms with van der Waals surface area (Å²) in [6.07, 6.45) is 0.315. The van der Waals surface area contributed by atoms with E-state index in [0.717, 1.165) is 22.8 Å². The number of nitrogens with zero attached hydrogens (tertiary/aromatic N) is 1. The number of rotatable bonds is 10. The van der Waals surface area contributed by atoms with Crippen molar-refractivity contribution in [1.29, 1.82) is 0 Å². The number of amides is 1. The number of aliphatic hydroxyl groups excluding tert-OH is 1. The van der Waals surface area contributed by atoms with Crippen molar-refractivity contribution in [3.8, 4) is 11.1 Å².